The molecule has 4 atom stereocenters. The maximum absolute atomic E-state index is 12.3. The third-order valence-corrected chi connectivity index (χ3v) is 5.39. The molecule has 2 saturated heterocycles. The number of ether oxygens (including phenoxy) is 1. The molecule has 2 bridgehead atoms. The summed E-state index contributed by atoms with van der Waals surface area (Å²) in [7, 11) is 3.62. The van der Waals surface area contributed by atoms with Gasteiger partial charge in [-0.15, -0.1) is 0 Å². The van der Waals surface area contributed by atoms with Crippen molar-refractivity contribution in [2.75, 3.05) is 14.2 Å². The van der Waals surface area contributed by atoms with Gasteiger partial charge in [-0.2, -0.15) is 0 Å². The van der Waals surface area contributed by atoms with Crippen molar-refractivity contribution >= 4 is 21.9 Å². The predicted octanol–water partition coefficient (Wildman–Crippen LogP) is 2.58. The minimum absolute atomic E-state index is 0.0771. The molecule has 3 heterocycles. The number of nitrogens with zero attached hydrogens (tertiary/aromatic N) is 2. The van der Waals surface area contributed by atoms with E-state index >= 15 is 0 Å². The molecule has 4 nitrogen and oxygen atoms in total. The summed E-state index contributed by atoms with van der Waals surface area (Å²) in [5.74, 6) is 0.0543. The predicted molar refractivity (Wildman–Crippen MR) is 79.4 cm³/mol. The van der Waals surface area contributed by atoms with Crippen molar-refractivity contribution in [1.82, 2.24) is 9.88 Å². The molecule has 1 aromatic heterocycles. The highest BCUT2D eigenvalue weighted by atomic mass is 79.9. The van der Waals surface area contributed by atoms with Gasteiger partial charge in [0.05, 0.1) is 13.0 Å². The average molecular weight is 339 g/mol. The van der Waals surface area contributed by atoms with Crippen LogP contribution < -0.4 is 0 Å². The normalized spacial score (nSPS) is 33.1. The van der Waals surface area contributed by atoms with Gasteiger partial charge < -0.3 is 4.74 Å². The lowest BCUT2D eigenvalue weighted by Gasteiger charge is -2.41. The standard InChI is InChI=1S/C15H19BrN2O2/c1-18-10-4-5-12(18)14(15(19)20-2)11(7-10)9-3-6-13(16)17-8-9/h3,6,8,10-12,14H,4-5,7H2,1-2H3. The number of pyridine rings is 1. The minimum Gasteiger partial charge on any atom is -0.469 e. The molecule has 0 N–H and O–H groups in total. The van der Waals surface area contributed by atoms with Crippen LogP contribution in [0.1, 0.15) is 30.7 Å². The van der Waals surface area contributed by atoms with E-state index in [0.29, 0.717) is 12.1 Å². The number of rotatable bonds is 2. The summed E-state index contributed by atoms with van der Waals surface area (Å²) in [5.41, 5.74) is 1.15. The first kappa shape index (κ1) is 14.0. The van der Waals surface area contributed by atoms with Crippen LogP contribution in [0.3, 0.4) is 0 Å². The zero-order valence-electron chi connectivity index (χ0n) is 11.8. The highest BCUT2D eigenvalue weighted by Gasteiger charge is 2.49. The SMILES string of the molecule is COC(=O)C1C(c2ccc(Br)nc2)CC2CCC1N2C. The number of methoxy groups -OCH3 is 1. The lowest BCUT2D eigenvalue weighted by molar-refractivity contribution is -0.150. The zero-order valence-corrected chi connectivity index (χ0v) is 13.3. The van der Waals surface area contributed by atoms with E-state index in [1.54, 1.807) is 0 Å². The summed E-state index contributed by atoms with van der Waals surface area (Å²) in [5, 5.41) is 0. The number of carbonyl (C=O) groups is 1. The Morgan fingerprint density at radius 3 is 2.90 bits per heavy atom. The van der Waals surface area contributed by atoms with Gasteiger partial charge in [-0.05, 0) is 53.9 Å². The highest BCUT2D eigenvalue weighted by molar-refractivity contribution is 9.10. The van der Waals surface area contributed by atoms with Crippen LogP contribution in [0, 0.1) is 5.92 Å². The Labute approximate surface area is 127 Å². The first-order chi connectivity index (χ1) is 9.61. The van der Waals surface area contributed by atoms with E-state index in [1.807, 2.05) is 12.3 Å². The Morgan fingerprint density at radius 1 is 1.45 bits per heavy atom. The molecule has 5 heteroatoms. The number of hydrogen-bond acceptors (Lipinski definition) is 4. The molecule has 0 aliphatic carbocycles. The van der Waals surface area contributed by atoms with E-state index in [9.17, 15) is 4.79 Å². The van der Waals surface area contributed by atoms with Crippen molar-refractivity contribution in [2.45, 2.75) is 37.3 Å². The van der Waals surface area contributed by atoms with Crippen molar-refractivity contribution in [3.8, 4) is 0 Å². The molecule has 0 aromatic carbocycles. The van der Waals surface area contributed by atoms with Gasteiger partial charge in [0.1, 0.15) is 4.60 Å². The summed E-state index contributed by atoms with van der Waals surface area (Å²) in [6, 6.07) is 4.90. The molecule has 20 heavy (non-hydrogen) atoms. The average Bonchev–Trinajstić information content (AvgIpc) is 2.70. The number of hydrogen-bond donors (Lipinski definition) is 0. The topological polar surface area (TPSA) is 42.4 Å². The van der Waals surface area contributed by atoms with Crippen molar-refractivity contribution < 1.29 is 9.53 Å². The summed E-state index contributed by atoms with van der Waals surface area (Å²) in [6.07, 6.45) is 5.15. The van der Waals surface area contributed by atoms with Gasteiger partial charge in [0.25, 0.3) is 0 Å². The Morgan fingerprint density at radius 2 is 2.25 bits per heavy atom. The fraction of sp³-hybridized carbons (Fsp3) is 0.600. The smallest absolute Gasteiger partial charge is 0.310 e. The molecule has 2 fully saturated rings. The first-order valence-electron chi connectivity index (χ1n) is 7.03. The zero-order chi connectivity index (χ0) is 14.3. The summed E-state index contributed by atoms with van der Waals surface area (Å²) >= 11 is 3.36. The molecule has 2 aliphatic rings. The maximum atomic E-state index is 12.3. The molecule has 0 radical (unpaired) electrons. The Balaban J connectivity index is 1.95. The van der Waals surface area contributed by atoms with Crippen molar-refractivity contribution in [3.63, 3.8) is 0 Å². The van der Waals surface area contributed by atoms with Crippen LogP contribution in [0.25, 0.3) is 0 Å². The number of esters is 1. The molecule has 4 unspecified atom stereocenters. The minimum atomic E-state index is -0.0879. The van der Waals surface area contributed by atoms with Gasteiger partial charge >= 0.3 is 5.97 Å². The number of carbonyl (C=O) groups excluding carboxylic acids is 1. The van der Waals surface area contributed by atoms with Crippen molar-refractivity contribution in [2.24, 2.45) is 5.92 Å². The van der Waals surface area contributed by atoms with E-state index in [1.165, 1.54) is 13.5 Å². The van der Waals surface area contributed by atoms with Crippen LogP contribution in [0.2, 0.25) is 0 Å². The monoisotopic (exact) mass is 338 g/mol. The maximum Gasteiger partial charge on any atom is 0.310 e. The van der Waals surface area contributed by atoms with E-state index in [-0.39, 0.29) is 17.8 Å². The van der Waals surface area contributed by atoms with Crippen LogP contribution >= 0.6 is 15.9 Å². The number of aromatic nitrogens is 1. The highest BCUT2D eigenvalue weighted by Crippen LogP contribution is 2.46. The molecule has 1 aromatic rings. The van der Waals surface area contributed by atoms with Crippen molar-refractivity contribution in [3.05, 3.63) is 28.5 Å². The van der Waals surface area contributed by atoms with Crippen LogP contribution in [0.15, 0.2) is 22.9 Å². The van der Waals surface area contributed by atoms with Gasteiger partial charge in [0, 0.05) is 24.2 Å². The number of piperidine rings is 1. The van der Waals surface area contributed by atoms with Crippen LogP contribution in [-0.4, -0.2) is 42.1 Å². The van der Waals surface area contributed by atoms with Crippen LogP contribution in [0.5, 0.6) is 0 Å². The van der Waals surface area contributed by atoms with Gasteiger partial charge in [-0.25, -0.2) is 4.98 Å². The third-order valence-electron chi connectivity index (χ3n) is 4.92. The van der Waals surface area contributed by atoms with E-state index in [2.05, 4.69) is 38.9 Å². The number of fused-ring (bicyclic) bond motifs is 2. The Kier molecular flexibility index (Phi) is 3.82. The first-order valence-corrected chi connectivity index (χ1v) is 7.82. The van der Waals surface area contributed by atoms with Gasteiger partial charge in [-0.1, -0.05) is 6.07 Å². The molecule has 108 valence electrons. The van der Waals surface area contributed by atoms with Gasteiger partial charge in [0.2, 0.25) is 0 Å². The van der Waals surface area contributed by atoms with E-state index < -0.39 is 0 Å². The molecule has 0 spiro atoms. The Hall–Kier alpha value is -0.940. The lowest BCUT2D eigenvalue weighted by Crippen LogP contribution is -2.49. The number of halogens is 1. The Bertz CT molecular complexity index is 505. The van der Waals surface area contributed by atoms with Crippen molar-refractivity contribution in [1.29, 1.82) is 0 Å². The molecule has 2 aliphatic heterocycles. The molecular weight excluding hydrogens is 320 g/mol. The summed E-state index contributed by atoms with van der Waals surface area (Å²) in [4.78, 5) is 19.0. The second kappa shape index (κ2) is 5.45. The molecule has 0 amide bonds. The largest absolute Gasteiger partial charge is 0.469 e. The van der Waals surface area contributed by atoms with E-state index in [0.717, 1.165) is 23.0 Å². The molecule has 0 saturated carbocycles. The molecular formula is C15H19BrN2O2. The van der Waals surface area contributed by atoms with E-state index in [4.69, 9.17) is 4.74 Å². The van der Waals surface area contributed by atoms with Crippen LogP contribution in [0.4, 0.5) is 0 Å². The second-order valence-corrected chi connectivity index (χ2v) is 6.58. The molecule has 3 rings (SSSR count). The second-order valence-electron chi connectivity index (χ2n) is 5.77. The summed E-state index contributed by atoms with van der Waals surface area (Å²) < 4.78 is 5.89. The lowest BCUT2D eigenvalue weighted by atomic mass is 9.76. The van der Waals surface area contributed by atoms with Gasteiger partial charge in [-0.3, -0.25) is 9.69 Å². The quantitative estimate of drug-likeness (QED) is 0.614. The fourth-order valence-corrected chi connectivity index (χ4v) is 4.11. The third kappa shape index (κ3) is 2.27. The fourth-order valence-electron chi connectivity index (χ4n) is 3.87. The van der Waals surface area contributed by atoms with Gasteiger partial charge in [0.15, 0.2) is 0 Å². The summed E-state index contributed by atoms with van der Waals surface area (Å²) in [6.45, 7) is 0. The van der Waals surface area contributed by atoms with Crippen LogP contribution in [-0.2, 0) is 9.53 Å².